The number of likely N-dealkylation sites (N-methyl/N-ethyl adjacent to an activating group) is 1. The summed E-state index contributed by atoms with van der Waals surface area (Å²) in [7, 11) is 3.99. The molecule has 3 rings (SSSR count). The van der Waals surface area contributed by atoms with Gasteiger partial charge in [-0.3, -0.25) is 9.36 Å². The van der Waals surface area contributed by atoms with Crippen LogP contribution in [-0.2, 0) is 24.2 Å². The van der Waals surface area contributed by atoms with Crippen LogP contribution < -0.4 is 11.0 Å². The zero-order chi connectivity index (χ0) is 20.3. The molecule has 1 amide bonds. The summed E-state index contributed by atoms with van der Waals surface area (Å²) in [4.78, 5) is 31.3. The van der Waals surface area contributed by atoms with Crippen LogP contribution in [0.4, 0.5) is 5.69 Å². The highest BCUT2D eigenvalue weighted by molar-refractivity contribution is 8.00. The molecule has 0 spiro atoms. The number of hydrogen-bond acceptors (Lipinski definition) is 5. The van der Waals surface area contributed by atoms with Gasteiger partial charge in [0.05, 0.1) is 5.75 Å². The maximum Gasteiger partial charge on any atom is 0.348 e. The number of carbonyl (C=O) groups excluding carboxylic acids is 1. The van der Waals surface area contributed by atoms with Gasteiger partial charge in [0.2, 0.25) is 5.91 Å². The van der Waals surface area contributed by atoms with Crippen LogP contribution in [0.3, 0.4) is 0 Å². The van der Waals surface area contributed by atoms with Crippen molar-refractivity contribution in [2.75, 3.05) is 31.7 Å². The second-order valence-electron chi connectivity index (χ2n) is 7.52. The molecule has 0 radical (unpaired) electrons. The number of thioether (sulfide) groups is 1. The van der Waals surface area contributed by atoms with E-state index in [2.05, 4.69) is 15.2 Å². The van der Waals surface area contributed by atoms with Gasteiger partial charge in [0, 0.05) is 30.0 Å². The maximum absolute atomic E-state index is 12.5. The number of amides is 1. The van der Waals surface area contributed by atoms with E-state index < -0.39 is 0 Å². The van der Waals surface area contributed by atoms with E-state index in [1.165, 1.54) is 11.8 Å². The molecule has 1 aromatic heterocycles. The van der Waals surface area contributed by atoms with E-state index in [0.717, 1.165) is 58.9 Å². The lowest BCUT2D eigenvalue weighted by atomic mass is 10.1. The molecule has 1 N–H and O–H groups in total. The van der Waals surface area contributed by atoms with Crippen molar-refractivity contribution in [3.8, 4) is 0 Å². The Hall–Kier alpha value is -2.12. The van der Waals surface area contributed by atoms with Gasteiger partial charge in [0.1, 0.15) is 5.03 Å². The number of rotatable bonds is 7. The number of carbonyl (C=O) groups is 1. The van der Waals surface area contributed by atoms with Crippen molar-refractivity contribution in [3.05, 3.63) is 51.1 Å². The number of nitrogens with zero attached hydrogens (tertiary/aromatic N) is 3. The Bertz CT molecular complexity index is 937. The van der Waals surface area contributed by atoms with Gasteiger partial charge in [-0.1, -0.05) is 23.9 Å². The third-order valence-electron chi connectivity index (χ3n) is 5.19. The monoisotopic (exact) mass is 400 g/mol. The Morgan fingerprint density at radius 3 is 2.82 bits per heavy atom. The number of hydrogen-bond donors (Lipinski definition) is 1. The molecule has 0 atom stereocenters. The van der Waals surface area contributed by atoms with Crippen LogP contribution in [0.25, 0.3) is 0 Å². The van der Waals surface area contributed by atoms with Crippen molar-refractivity contribution in [2.45, 2.75) is 44.7 Å². The minimum atomic E-state index is -0.208. The second-order valence-corrected chi connectivity index (χ2v) is 8.48. The zero-order valence-corrected chi connectivity index (χ0v) is 17.9. The van der Waals surface area contributed by atoms with E-state index in [1.807, 2.05) is 50.7 Å². The van der Waals surface area contributed by atoms with Gasteiger partial charge in [0.15, 0.2) is 0 Å². The Balaban J connectivity index is 1.72. The fraction of sp³-hybridized carbons (Fsp3) is 0.476. The van der Waals surface area contributed by atoms with Crippen LogP contribution in [-0.4, -0.2) is 46.8 Å². The van der Waals surface area contributed by atoms with Gasteiger partial charge in [-0.15, -0.1) is 0 Å². The standard InChI is InChI=1S/C21H28N4O2S/c1-14-7-5-9-17(15(14)2)22-19(26)13-28-20-16-8-6-10-18(16)25(21(27)23-20)12-11-24(3)4/h5,7,9H,6,8,10-13H2,1-4H3,(H,22,26). The predicted molar refractivity (Wildman–Crippen MR) is 114 cm³/mol. The van der Waals surface area contributed by atoms with Crippen molar-refractivity contribution in [1.29, 1.82) is 0 Å². The lowest BCUT2D eigenvalue weighted by Gasteiger charge is -2.16. The maximum atomic E-state index is 12.5. The molecule has 1 heterocycles. The first-order valence-electron chi connectivity index (χ1n) is 9.63. The average Bonchev–Trinajstić information content (AvgIpc) is 3.12. The number of aromatic nitrogens is 2. The number of nitrogens with one attached hydrogen (secondary N) is 1. The van der Waals surface area contributed by atoms with Crippen molar-refractivity contribution >= 4 is 23.4 Å². The highest BCUT2D eigenvalue weighted by Crippen LogP contribution is 2.29. The molecule has 1 aliphatic rings. The molecule has 0 saturated carbocycles. The van der Waals surface area contributed by atoms with Crippen LogP contribution >= 0.6 is 11.8 Å². The number of anilines is 1. The Labute approximate surface area is 170 Å². The van der Waals surface area contributed by atoms with E-state index in [9.17, 15) is 9.59 Å². The highest BCUT2D eigenvalue weighted by Gasteiger charge is 2.22. The summed E-state index contributed by atoms with van der Waals surface area (Å²) < 4.78 is 1.81. The summed E-state index contributed by atoms with van der Waals surface area (Å²) in [5, 5.41) is 3.69. The molecule has 1 aromatic carbocycles. The molecule has 2 aromatic rings. The minimum absolute atomic E-state index is 0.0796. The van der Waals surface area contributed by atoms with Gasteiger partial charge >= 0.3 is 5.69 Å². The molecule has 0 saturated heterocycles. The van der Waals surface area contributed by atoms with Crippen LogP contribution in [0.2, 0.25) is 0 Å². The van der Waals surface area contributed by atoms with E-state index in [0.29, 0.717) is 6.54 Å². The summed E-state index contributed by atoms with van der Waals surface area (Å²) >= 11 is 1.36. The molecule has 6 nitrogen and oxygen atoms in total. The number of aryl methyl sites for hydroxylation is 1. The van der Waals surface area contributed by atoms with Crippen molar-refractivity contribution in [3.63, 3.8) is 0 Å². The van der Waals surface area contributed by atoms with E-state index >= 15 is 0 Å². The summed E-state index contributed by atoms with van der Waals surface area (Å²) in [6.07, 6.45) is 2.86. The van der Waals surface area contributed by atoms with Gasteiger partial charge < -0.3 is 10.2 Å². The molecule has 28 heavy (non-hydrogen) atoms. The largest absolute Gasteiger partial charge is 0.348 e. The first-order valence-corrected chi connectivity index (χ1v) is 10.6. The van der Waals surface area contributed by atoms with Crippen molar-refractivity contribution in [1.82, 2.24) is 14.5 Å². The van der Waals surface area contributed by atoms with E-state index in [4.69, 9.17) is 0 Å². The lowest BCUT2D eigenvalue weighted by molar-refractivity contribution is -0.113. The molecule has 0 bridgehead atoms. The quantitative estimate of drug-likeness (QED) is 0.572. The van der Waals surface area contributed by atoms with Gasteiger partial charge in [-0.2, -0.15) is 4.98 Å². The fourth-order valence-electron chi connectivity index (χ4n) is 3.44. The molecular weight excluding hydrogens is 372 g/mol. The molecule has 150 valence electrons. The van der Waals surface area contributed by atoms with Crippen LogP contribution in [0, 0.1) is 13.8 Å². The Kier molecular flexibility index (Phi) is 6.57. The van der Waals surface area contributed by atoms with E-state index in [-0.39, 0.29) is 17.3 Å². The minimum Gasteiger partial charge on any atom is -0.325 e. The van der Waals surface area contributed by atoms with Gasteiger partial charge in [-0.05, 0) is 64.4 Å². The Morgan fingerprint density at radius 1 is 1.29 bits per heavy atom. The number of fused-ring (bicyclic) bond motifs is 1. The molecule has 1 aliphatic carbocycles. The van der Waals surface area contributed by atoms with Crippen LogP contribution in [0.5, 0.6) is 0 Å². The van der Waals surface area contributed by atoms with Crippen molar-refractivity contribution in [2.24, 2.45) is 0 Å². The predicted octanol–water partition coefficient (Wildman–Crippen LogP) is 2.64. The molecular formula is C21H28N4O2S. The fourth-order valence-corrected chi connectivity index (χ4v) is 4.32. The number of benzene rings is 1. The van der Waals surface area contributed by atoms with E-state index in [1.54, 1.807) is 0 Å². The summed E-state index contributed by atoms with van der Waals surface area (Å²) in [5.74, 6) is 0.164. The third-order valence-corrected chi connectivity index (χ3v) is 6.21. The SMILES string of the molecule is Cc1cccc(NC(=O)CSc2nc(=O)n(CCN(C)C)c3c2CCC3)c1C. The van der Waals surface area contributed by atoms with Crippen LogP contribution in [0.15, 0.2) is 28.0 Å². The normalized spacial score (nSPS) is 13.0. The molecule has 0 fully saturated rings. The van der Waals surface area contributed by atoms with Gasteiger partial charge in [-0.25, -0.2) is 4.79 Å². The zero-order valence-electron chi connectivity index (χ0n) is 17.0. The molecule has 7 heteroatoms. The smallest absolute Gasteiger partial charge is 0.325 e. The summed E-state index contributed by atoms with van der Waals surface area (Å²) in [6.45, 7) is 5.48. The lowest BCUT2D eigenvalue weighted by Crippen LogP contribution is -2.31. The topological polar surface area (TPSA) is 67.2 Å². The molecule has 0 unspecified atom stereocenters. The third kappa shape index (κ3) is 4.64. The second kappa shape index (κ2) is 8.92. The van der Waals surface area contributed by atoms with Crippen molar-refractivity contribution < 1.29 is 4.79 Å². The summed E-state index contributed by atoms with van der Waals surface area (Å²) in [5.41, 5.74) is 5.08. The average molecular weight is 401 g/mol. The first-order chi connectivity index (χ1) is 13.4. The van der Waals surface area contributed by atoms with Crippen LogP contribution in [0.1, 0.15) is 28.8 Å². The first kappa shape index (κ1) is 20.6. The summed E-state index contributed by atoms with van der Waals surface area (Å²) in [6, 6.07) is 5.87. The molecule has 0 aliphatic heterocycles. The highest BCUT2D eigenvalue weighted by atomic mass is 32.2. The Morgan fingerprint density at radius 2 is 2.07 bits per heavy atom. The van der Waals surface area contributed by atoms with Gasteiger partial charge in [0.25, 0.3) is 0 Å².